The van der Waals surface area contributed by atoms with Crippen molar-refractivity contribution in [2.45, 2.75) is 32.8 Å². The first-order chi connectivity index (χ1) is 10.3. The summed E-state index contributed by atoms with van der Waals surface area (Å²) in [6.45, 7) is 5.80. The largest absolute Gasteiger partial charge is 0.487 e. The molecule has 136 valence electrons. The molecular formula is C9H22BO10P3. The minimum atomic E-state index is -5.28. The van der Waals surface area contributed by atoms with E-state index in [2.05, 4.69) is 14.9 Å². The maximum atomic E-state index is 11.4. The van der Waals surface area contributed by atoms with Crippen molar-refractivity contribution in [2.75, 3.05) is 6.61 Å². The molecule has 6 atom stereocenters. The van der Waals surface area contributed by atoms with Crippen LogP contribution in [0.4, 0.5) is 0 Å². The van der Waals surface area contributed by atoms with Gasteiger partial charge in [0.05, 0.1) is 12.7 Å². The van der Waals surface area contributed by atoms with Gasteiger partial charge in [-0.1, -0.05) is 20.7 Å². The van der Waals surface area contributed by atoms with Crippen molar-refractivity contribution in [3.05, 3.63) is 0 Å². The van der Waals surface area contributed by atoms with Gasteiger partial charge in [0, 0.05) is 6.00 Å². The van der Waals surface area contributed by atoms with Crippen LogP contribution in [0.1, 0.15) is 13.8 Å². The Bertz CT molecular complexity index is 550. The molecule has 4 N–H and O–H groups in total. The Morgan fingerprint density at radius 1 is 1.13 bits per heavy atom. The van der Waals surface area contributed by atoms with Crippen molar-refractivity contribution in [1.82, 2.24) is 0 Å². The van der Waals surface area contributed by atoms with Crippen molar-refractivity contribution in [1.29, 1.82) is 0 Å². The average molecular weight is 394 g/mol. The van der Waals surface area contributed by atoms with Gasteiger partial charge in [0.2, 0.25) is 0 Å². The zero-order valence-electron chi connectivity index (χ0n) is 13.0. The summed E-state index contributed by atoms with van der Waals surface area (Å²) in [5, 5.41) is 0. The van der Waals surface area contributed by atoms with Gasteiger partial charge in [0.1, 0.15) is 0 Å². The van der Waals surface area contributed by atoms with Crippen molar-refractivity contribution >= 4 is 36.8 Å². The third-order valence-electron chi connectivity index (χ3n) is 3.64. The molecule has 0 aromatic rings. The molecule has 1 saturated heterocycles. The fraction of sp³-hybridized carbons (Fsp3) is 0.889. The molecule has 1 heterocycles. The maximum absolute atomic E-state index is 11.4. The van der Waals surface area contributed by atoms with Gasteiger partial charge in [-0.3, -0.25) is 0 Å². The Kier molecular flexibility index (Phi) is 7.32. The molecule has 0 aromatic heterocycles. The van der Waals surface area contributed by atoms with Gasteiger partial charge in [-0.25, -0.2) is 13.4 Å². The van der Waals surface area contributed by atoms with Gasteiger partial charge < -0.3 is 28.8 Å². The summed E-state index contributed by atoms with van der Waals surface area (Å²) in [6.07, 6.45) is 2.76. The number of phosphoric acid groups is 2. The van der Waals surface area contributed by atoms with Crippen LogP contribution in [0.15, 0.2) is 0 Å². The van der Waals surface area contributed by atoms with Crippen LogP contribution >= 0.6 is 23.2 Å². The molecule has 0 aromatic carbocycles. The Morgan fingerprint density at radius 3 is 2.13 bits per heavy atom. The predicted molar refractivity (Wildman–Crippen MR) is 86.3 cm³/mol. The van der Waals surface area contributed by atoms with E-state index in [9.17, 15) is 18.9 Å². The van der Waals surface area contributed by atoms with E-state index in [0.717, 1.165) is 7.28 Å². The molecule has 1 aliphatic heterocycles. The Hall–Kier alpha value is 0.505. The Balaban J connectivity index is 2.61. The summed E-state index contributed by atoms with van der Waals surface area (Å²) in [5.41, 5.74) is 0. The molecular weight excluding hydrogens is 372 g/mol. The molecule has 14 heteroatoms. The van der Waals surface area contributed by atoms with Gasteiger partial charge in [-0.15, -0.1) is 0 Å². The standard InChI is InChI=1S/C9H22BO10P3/c1-6-7(2)9(10-3)18-8(6)5-17-21(4,11)19-23(15,16)20-22(12,13)14/h6-11H,4-5H2,1-3H3,(H,15,16)(H2,12,13,14). The Morgan fingerprint density at radius 2 is 1.70 bits per heavy atom. The van der Waals surface area contributed by atoms with E-state index in [1.165, 1.54) is 0 Å². The number of hydrogen-bond donors (Lipinski definition) is 4. The highest BCUT2D eigenvalue weighted by Crippen LogP contribution is 2.66. The van der Waals surface area contributed by atoms with Crippen LogP contribution < -0.4 is 0 Å². The normalized spacial score (nSPS) is 33.9. The maximum Gasteiger partial charge on any atom is 0.487 e. The zero-order valence-corrected chi connectivity index (χ0v) is 15.7. The molecule has 23 heavy (non-hydrogen) atoms. The van der Waals surface area contributed by atoms with Crippen molar-refractivity contribution in [3.8, 4) is 0 Å². The topological polar surface area (TPSA) is 152 Å². The molecule has 1 aliphatic rings. The van der Waals surface area contributed by atoms with Gasteiger partial charge >= 0.3 is 15.6 Å². The summed E-state index contributed by atoms with van der Waals surface area (Å²) in [4.78, 5) is 36.0. The van der Waals surface area contributed by atoms with Crippen LogP contribution in [-0.4, -0.2) is 51.9 Å². The lowest BCUT2D eigenvalue weighted by Crippen LogP contribution is -2.22. The van der Waals surface area contributed by atoms with Crippen LogP contribution in [0, 0.1) is 11.8 Å². The highest BCUT2D eigenvalue weighted by atomic mass is 31.3. The van der Waals surface area contributed by atoms with Crippen molar-refractivity contribution in [3.63, 3.8) is 0 Å². The Labute approximate surface area is 135 Å². The summed E-state index contributed by atoms with van der Waals surface area (Å²) in [5.74, 6) is 0.389. The van der Waals surface area contributed by atoms with E-state index >= 15 is 0 Å². The highest BCUT2D eigenvalue weighted by Gasteiger charge is 2.40. The molecule has 1 fully saturated rings. The minimum Gasteiger partial charge on any atom is -0.381 e. The number of ether oxygens (including phenoxy) is 1. The first kappa shape index (κ1) is 21.5. The third-order valence-corrected chi connectivity index (χ3v) is 7.71. The van der Waals surface area contributed by atoms with E-state index in [1.54, 1.807) is 0 Å². The molecule has 1 rings (SSSR count). The summed E-state index contributed by atoms with van der Waals surface area (Å²) in [7, 11) is -13.8. The predicted octanol–water partition coefficient (Wildman–Crippen LogP) is 0.898. The lowest BCUT2D eigenvalue weighted by molar-refractivity contribution is 0.0309. The van der Waals surface area contributed by atoms with Gasteiger partial charge in [0.25, 0.3) is 7.57 Å². The lowest BCUT2D eigenvalue weighted by Gasteiger charge is -2.23. The van der Waals surface area contributed by atoms with E-state index in [0.29, 0.717) is 0 Å². The van der Waals surface area contributed by atoms with E-state index in [4.69, 9.17) is 19.0 Å². The average Bonchev–Trinajstić information content (AvgIpc) is 2.59. The zero-order chi connectivity index (χ0) is 18.1. The minimum absolute atomic E-state index is 0.0395. The summed E-state index contributed by atoms with van der Waals surface area (Å²) >= 11 is 0. The molecule has 0 spiro atoms. The molecule has 6 unspecified atom stereocenters. The van der Waals surface area contributed by atoms with Crippen molar-refractivity contribution < 1.29 is 46.6 Å². The highest BCUT2D eigenvalue weighted by molar-refractivity contribution is 7.70. The fourth-order valence-electron chi connectivity index (χ4n) is 2.33. The first-order valence-corrected chi connectivity index (χ1v) is 11.6. The molecule has 0 radical (unpaired) electrons. The van der Waals surface area contributed by atoms with Gasteiger partial charge in [-0.05, 0) is 18.1 Å². The van der Waals surface area contributed by atoms with Gasteiger partial charge in [-0.2, -0.15) is 4.31 Å². The molecule has 0 aliphatic carbocycles. The van der Waals surface area contributed by atoms with Crippen molar-refractivity contribution in [2.24, 2.45) is 11.8 Å². The fourth-order valence-corrected chi connectivity index (χ4v) is 5.65. The monoisotopic (exact) mass is 394 g/mol. The van der Waals surface area contributed by atoms with E-state index in [-0.39, 0.29) is 30.5 Å². The quantitative estimate of drug-likeness (QED) is 0.345. The molecule has 10 nitrogen and oxygen atoms in total. The van der Waals surface area contributed by atoms with Crippen LogP contribution in [0.5, 0.6) is 0 Å². The lowest BCUT2D eigenvalue weighted by atomic mass is 9.67. The van der Waals surface area contributed by atoms with Crippen LogP contribution in [0.25, 0.3) is 0 Å². The van der Waals surface area contributed by atoms with Crippen LogP contribution in [0.3, 0.4) is 0 Å². The number of rotatable bonds is 8. The first-order valence-electron chi connectivity index (χ1n) is 6.83. The second-order valence-corrected chi connectivity index (χ2v) is 10.2. The summed E-state index contributed by atoms with van der Waals surface area (Å²) < 4.78 is 40.5. The second-order valence-electron chi connectivity index (χ2n) is 5.40. The van der Waals surface area contributed by atoms with Gasteiger partial charge in [0.15, 0.2) is 7.28 Å². The van der Waals surface area contributed by atoms with Crippen LogP contribution in [-0.2, 0) is 27.0 Å². The number of hydrogen-bond acceptors (Lipinski definition) is 7. The van der Waals surface area contributed by atoms with Crippen LogP contribution in [0.2, 0.25) is 6.82 Å². The molecule has 0 amide bonds. The smallest absolute Gasteiger partial charge is 0.381 e. The van der Waals surface area contributed by atoms with E-state index < -0.39 is 23.2 Å². The summed E-state index contributed by atoms with van der Waals surface area (Å²) in [6, 6.07) is 0.0395. The SMILES string of the molecule is C=P(O)(OCC1OC(BC)C(C)C1C)OP(=O)(O)OP(=O)(O)O. The molecule has 0 saturated carbocycles. The van der Waals surface area contributed by atoms with E-state index in [1.807, 2.05) is 20.7 Å². The third kappa shape index (κ3) is 7.10. The second kappa shape index (κ2) is 7.81. The molecule has 0 bridgehead atoms.